The van der Waals surface area contributed by atoms with Crippen molar-refractivity contribution >= 4 is 33.7 Å². The average Bonchev–Trinajstić information content (AvgIpc) is 3.14. The van der Waals surface area contributed by atoms with Crippen LogP contribution in [0.25, 0.3) is 22.1 Å². The third-order valence-electron chi connectivity index (χ3n) is 4.63. The minimum atomic E-state index is -4.42. The van der Waals surface area contributed by atoms with Gasteiger partial charge in [0.25, 0.3) is 0 Å². The first-order valence-corrected chi connectivity index (χ1v) is 8.46. The van der Waals surface area contributed by atoms with Gasteiger partial charge in [0.05, 0.1) is 28.7 Å². The van der Waals surface area contributed by atoms with Crippen molar-refractivity contribution in [2.75, 3.05) is 24.5 Å². The van der Waals surface area contributed by atoms with E-state index in [-0.39, 0.29) is 0 Å². The van der Waals surface area contributed by atoms with Crippen LogP contribution in [0.5, 0.6) is 0 Å². The van der Waals surface area contributed by atoms with Gasteiger partial charge in [-0.25, -0.2) is 4.98 Å². The van der Waals surface area contributed by atoms with Gasteiger partial charge in [-0.1, -0.05) is 0 Å². The minimum Gasteiger partial charge on any atom is -0.370 e. The lowest BCUT2D eigenvalue weighted by atomic mass is 9.96. The van der Waals surface area contributed by atoms with Gasteiger partial charge in [0.1, 0.15) is 12.1 Å². The van der Waals surface area contributed by atoms with Crippen LogP contribution in [0.4, 0.5) is 18.9 Å². The molecular weight excluding hydrogens is 363 g/mol. The van der Waals surface area contributed by atoms with E-state index in [1.165, 1.54) is 0 Å². The highest BCUT2D eigenvalue weighted by atomic mass is 19.4. The molecule has 11 heteroatoms. The smallest absolute Gasteiger partial charge is 0.370 e. The molecule has 142 valence electrons. The maximum Gasteiger partial charge on any atom is 0.405 e. The third-order valence-corrected chi connectivity index (χ3v) is 4.63. The van der Waals surface area contributed by atoms with E-state index in [0.29, 0.717) is 42.6 Å². The van der Waals surface area contributed by atoms with Crippen molar-refractivity contribution in [2.24, 2.45) is 5.92 Å². The summed E-state index contributed by atoms with van der Waals surface area (Å²) in [6.07, 6.45) is 0.0573. The van der Waals surface area contributed by atoms with Gasteiger partial charge in [-0.3, -0.25) is 9.78 Å². The van der Waals surface area contributed by atoms with Gasteiger partial charge in [0, 0.05) is 19.3 Å². The molecule has 1 unspecified atom stereocenters. The Labute approximate surface area is 151 Å². The number of alkyl halides is 3. The predicted molar refractivity (Wildman–Crippen MR) is 91.0 cm³/mol. The molecule has 4 heterocycles. The number of hydrogen-bond acceptors (Lipinski definition) is 6. The lowest BCUT2D eigenvalue weighted by molar-refractivity contribution is -0.140. The van der Waals surface area contributed by atoms with E-state index in [9.17, 15) is 18.0 Å². The third kappa shape index (κ3) is 3.49. The van der Waals surface area contributed by atoms with E-state index in [1.54, 1.807) is 12.4 Å². The van der Waals surface area contributed by atoms with Crippen LogP contribution in [-0.4, -0.2) is 57.1 Å². The quantitative estimate of drug-likeness (QED) is 0.720. The fourth-order valence-electron chi connectivity index (χ4n) is 3.42. The van der Waals surface area contributed by atoms with Crippen molar-refractivity contribution in [3.05, 3.63) is 18.5 Å². The van der Waals surface area contributed by atoms with Gasteiger partial charge in [-0.2, -0.15) is 23.5 Å². The lowest BCUT2D eigenvalue weighted by Crippen LogP contribution is -2.45. The fourth-order valence-corrected chi connectivity index (χ4v) is 3.42. The highest BCUT2D eigenvalue weighted by Gasteiger charge is 2.32. The molecule has 1 aliphatic rings. The molecule has 1 saturated heterocycles. The molecule has 1 amide bonds. The van der Waals surface area contributed by atoms with Crippen LogP contribution in [0, 0.1) is 5.92 Å². The van der Waals surface area contributed by atoms with Crippen molar-refractivity contribution in [1.82, 2.24) is 30.7 Å². The molecule has 0 spiro atoms. The van der Waals surface area contributed by atoms with Crippen molar-refractivity contribution < 1.29 is 18.0 Å². The zero-order valence-corrected chi connectivity index (χ0v) is 14.1. The number of carbonyl (C=O) groups is 1. The molecule has 1 atom stereocenters. The first-order valence-electron chi connectivity index (χ1n) is 8.46. The molecule has 0 saturated carbocycles. The largest absolute Gasteiger partial charge is 0.405 e. The van der Waals surface area contributed by atoms with E-state index in [4.69, 9.17) is 0 Å². The molecule has 1 aliphatic heterocycles. The van der Waals surface area contributed by atoms with Crippen molar-refractivity contribution in [2.45, 2.75) is 19.0 Å². The molecule has 3 aromatic rings. The number of fused-ring (bicyclic) bond motifs is 3. The van der Waals surface area contributed by atoms with Crippen LogP contribution >= 0.6 is 0 Å². The van der Waals surface area contributed by atoms with Gasteiger partial charge in [-0.15, -0.1) is 5.10 Å². The molecule has 0 bridgehead atoms. The number of amides is 1. The summed E-state index contributed by atoms with van der Waals surface area (Å²) in [5, 5.41) is 13.4. The second-order valence-electron chi connectivity index (χ2n) is 6.46. The number of nitrogens with zero attached hydrogens (tertiary/aromatic N) is 5. The monoisotopic (exact) mass is 379 g/mol. The van der Waals surface area contributed by atoms with Crippen molar-refractivity contribution in [1.29, 1.82) is 0 Å². The van der Waals surface area contributed by atoms with Crippen LogP contribution in [0.3, 0.4) is 0 Å². The highest BCUT2D eigenvalue weighted by molar-refractivity contribution is 6.07. The number of rotatable bonds is 3. The highest BCUT2D eigenvalue weighted by Crippen LogP contribution is 2.32. The number of aromatic amines is 1. The molecule has 27 heavy (non-hydrogen) atoms. The van der Waals surface area contributed by atoms with Gasteiger partial charge in [0.15, 0.2) is 0 Å². The fraction of sp³-hybridized carbons (Fsp3) is 0.438. The van der Waals surface area contributed by atoms with Gasteiger partial charge in [-0.05, 0) is 18.9 Å². The minimum absolute atomic E-state index is 0.324. The predicted octanol–water partition coefficient (Wildman–Crippen LogP) is 1.80. The van der Waals surface area contributed by atoms with Crippen molar-refractivity contribution in [3.63, 3.8) is 0 Å². The molecule has 3 aromatic heterocycles. The number of nitrogens with one attached hydrogen (secondary N) is 2. The Balaban J connectivity index is 1.62. The summed E-state index contributed by atoms with van der Waals surface area (Å²) in [5.41, 5.74) is 2.47. The topological polar surface area (TPSA) is 99.7 Å². The summed E-state index contributed by atoms with van der Waals surface area (Å²) in [5.74, 6) is -1.09. The van der Waals surface area contributed by atoms with Crippen LogP contribution in [-0.2, 0) is 4.79 Å². The Morgan fingerprint density at radius 2 is 2.19 bits per heavy atom. The summed E-state index contributed by atoms with van der Waals surface area (Å²) in [6.45, 7) is -0.306. The molecule has 2 N–H and O–H groups in total. The van der Waals surface area contributed by atoms with E-state index in [1.807, 2.05) is 16.3 Å². The van der Waals surface area contributed by atoms with Crippen LogP contribution in [0.2, 0.25) is 0 Å². The average molecular weight is 379 g/mol. The van der Waals surface area contributed by atoms with Crippen LogP contribution in [0.15, 0.2) is 18.5 Å². The first kappa shape index (κ1) is 17.4. The zero-order valence-electron chi connectivity index (χ0n) is 14.1. The molecule has 0 aliphatic carbocycles. The van der Waals surface area contributed by atoms with Crippen LogP contribution in [0.1, 0.15) is 12.8 Å². The SMILES string of the molecule is O=C(NCC(F)(F)F)C1CCCN(c2ccnc3cnc4n[nH]nc4c23)C1. The van der Waals surface area contributed by atoms with E-state index in [2.05, 4.69) is 25.4 Å². The number of halogens is 3. The molecule has 8 nitrogen and oxygen atoms in total. The standard InChI is InChI=1S/C16H16F3N7O/c17-16(18,19)8-22-15(27)9-2-1-5-26(7-9)11-3-4-20-10-6-21-14-13(12(10)11)23-25-24-14/h3-4,6,9H,1-2,5,7-8H2,(H,22,27)(H,21,23,24,25). The number of anilines is 1. The van der Waals surface area contributed by atoms with E-state index >= 15 is 0 Å². The summed E-state index contributed by atoms with van der Waals surface area (Å²) in [7, 11) is 0. The van der Waals surface area contributed by atoms with E-state index in [0.717, 1.165) is 11.1 Å². The summed E-state index contributed by atoms with van der Waals surface area (Å²) < 4.78 is 37.1. The number of aromatic nitrogens is 5. The molecule has 4 rings (SSSR count). The number of piperidine rings is 1. The van der Waals surface area contributed by atoms with Crippen LogP contribution < -0.4 is 10.2 Å². The Morgan fingerprint density at radius 3 is 3.00 bits per heavy atom. The summed E-state index contributed by atoms with van der Waals surface area (Å²) in [6, 6.07) is 1.81. The zero-order chi connectivity index (χ0) is 19.0. The lowest BCUT2D eigenvalue weighted by Gasteiger charge is -2.34. The Hall–Kier alpha value is -2.98. The second-order valence-corrected chi connectivity index (χ2v) is 6.46. The van der Waals surface area contributed by atoms with Gasteiger partial charge >= 0.3 is 6.18 Å². The van der Waals surface area contributed by atoms with Crippen molar-refractivity contribution in [3.8, 4) is 0 Å². The Morgan fingerprint density at radius 1 is 1.33 bits per heavy atom. The second kappa shape index (κ2) is 6.63. The molecule has 0 radical (unpaired) electrons. The number of pyridine rings is 2. The maximum atomic E-state index is 12.4. The summed E-state index contributed by atoms with van der Waals surface area (Å²) in [4.78, 5) is 22.6. The number of hydrogen-bond donors (Lipinski definition) is 2. The Bertz CT molecular complexity index is 987. The molecule has 1 fully saturated rings. The maximum absolute atomic E-state index is 12.4. The molecular formula is C16H16F3N7O. The summed E-state index contributed by atoms with van der Waals surface area (Å²) >= 11 is 0. The molecule has 0 aromatic carbocycles. The number of H-pyrrole nitrogens is 1. The first-order chi connectivity index (χ1) is 12.9. The van der Waals surface area contributed by atoms with E-state index < -0.39 is 24.5 Å². The Kier molecular flexibility index (Phi) is 4.28. The van der Waals surface area contributed by atoms with Gasteiger partial charge < -0.3 is 10.2 Å². The normalized spacial score (nSPS) is 18.2. The van der Waals surface area contributed by atoms with Gasteiger partial charge in [0.2, 0.25) is 11.6 Å². The number of carbonyl (C=O) groups excluding carboxylic acids is 1.